The second kappa shape index (κ2) is 8.63. The van der Waals surface area contributed by atoms with Crippen molar-refractivity contribution in [3.63, 3.8) is 0 Å². The first-order chi connectivity index (χ1) is 15.2. The Balaban J connectivity index is 1.40. The van der Waals surface area contributed by atoms with Crippen molar-refractivity contribution in [2.75, 3.05) is 26.2 Å². The summed E-state index contributed by atoms with van der Waals surface area (Å²) in [5.74, 6) is 1.25. The summed E-state index contributed by atoms with van der Waals surface area (Å²) in [6, 6.07) is 12.4. The highest BCUT2D eigenvalue weighted by molar-refractivity contribution is 5.91. The maximum atomic E-state index is 12.7. The number of amides is 1. The zero-order valence-electron chi connectivity index (χ0n) is 17.9. The highest BCUT2D eigenvalue weighted by Crippen LogP contribution is 2.34. The number of tetrazole rings is 1. The van der Waals surface area contributed by atoms with Crippen LogP contribution in [-0.4, -0.2) is 62.1 Å². The Labute approximate surface area is 181 Å². The molecule has 3 aromatic rings. The number of benzene rings is 1. The number of aryl methyl sites for hydroxylation is 1. The average molecular weight is 421 g/mol. The van der Waals surface area contributed by atoms with E-state index in [1.165, 1.54) is 24.0 Å². The molecule has 0 unspecified atom stereocenters. The molecule has 31 heavy (non-hydrogen) atoms. The first kappa shape index (κ1) is 19.9. The van der Waals surface area contributed by atoms with Crippen molar-refractivity contribution in [1.29, 1.82) is 0 Å². The average Bonchev–Trinajstić information content (AvgIpc) is 3.57. The minimum absolute atomic E-state index is 0.0305. The normalized spacial score (nSPS) is 19.1. The van der Waals surface area contributed by atoms with Gasteiger partial charge in [0.05, 0.1) is 18.3 Å². The zero-order chi connectivity index (χ0) is 21.2. The van der Waals surface area contributed by atoms with Crippen LogP contribution in [0.25, 0.3) is 0 Å². The van der Waals surface area contributed by atoms with Crippen molar-refractivity contribution >= 4 is 5.91 Å². The van der Waals surface area contributed by atoms with Gasteiger partial charge in [-0.3, -0.25) is 9.69 Å². The number of carbonyl (C=O) groups is 1. The van der Waals surface area contributed by atoms with Crippen molar-refractivity contribution in [2.45, 2.75) is 44.7 Å². The number of aromatic nitrogens is 4. The lowest BCUT2D eigenvalue weighted by molar-refractivity contribution is 0.0558. The van der Waals surface area contributed by atoms with Crippen molar-refractivity contribution in [2.24, 2.45) is 0 Å². The second-order valence-corrected chi connectivity index (χ2v) is 8.54. The van der Waals surface area contributed by atoms with Gasteiger partial charge in [0.1, 0.15) is 0 Å². The molecule has 2 aromatic heterocycles. The van der Waals surface area contributed by atoms with Crippen molar-refractivity contribution in [3.8, 4) is 0 Å². The number of piperazine rings is 1. The van der Waals surface area contributed by atoms with Crippen LogP contribution in [0.2, 0.25) is 0 Å². The SMILES string of the molecule is Cc1ccc([C@@H](c2nnnn2C2CCCC2)N2CCN(C(=O)c3ccco3)CC2)cc1. The Kier molecular flexibility index (Phi) is 5.55. The molecule has 1 aromatic carbocycles. The van der Waals surface area contributed by atoms with Crippen LogP contribution in [0.5, 0.6) is 0 Å². The number of furan rings is 1. The summed E-state index contributed by atoms with van der Waals surface area (Å²) in [7, 11) is 0. The van der Waals surface area contributed by atoms with E-state index in [1.807, 2.05) is 4.90 Å². The summed E-state index contributed by atoms with van der Waals surface area (Å²) in [6.07, 6.45) is 6.26. The molecule has 5 rings (SSSR count). The summed E-state index contributed by atoms with van der Waals surface area (Å²) < 4.78 is 7.35. The fraction of sp³-hybridized carbons (Fsp3) is 0.478. The van der Waals surface area contributed by atoms with Gasteiger partial charge in [0.2, 0.25) is 0 Å². The lowest BCUT2D eigenvalue weighted by Gasteiger charge is -2.39. The first-order valence-corrected chi connectivity index (χ1v) is 11.1. The van der Waals surface area contributed by atoms with Gasteiger partial charge in [-0.2, -0.15) is 0 Å². The molecule has 0 bridgehead atoms. The van der Waals surface area contributed by atoms with E-state index >= 15 is 0 Å². The molecule has 2 fully saturated rings. The van der Waals surface area contributed by atoms with Crippen LogP contribution < -0.4 is 0 Å². The Morgan fingerprint density at radius 1 is 1.06 bits per heavy atom. The Bertz CT molecular complexity index is 999. The van der Waals surface area contributed by atoms with Gasteiger partial charge in [0.15, 0.2) is 11.6 Å². The van der Waals surface area contributed by atoms with E-state index < -0.39 is 0 Å². The molecule has 1 saturated heterocycles. The molecule has 0 spiro atoms. The van der Waals surface area contributed by atoms with E-state index in [0.29, 0.717) is 24.9 Å². The van der Waals surface area contributed by atoms with Gasteiger partial charge < -0.3 is 9.32 Å². The molecule has 1 amide bonds. The standard InChI is InChI=1S/C23H28N6O2/c1-17-8-10-18(11-9-17)21(22-24-25-26-29(22)19-5-2-3-6-19)27-12-14-28(15-13-27)23(30)20-7-4-16-31-20/h4,7-11,16,19,21H,2-3,5-6,12-15H2,1H3/t21-/m0/s1. The van der Waals surface area contributed by atoms with E-state index in [9.17, 15) is 4.79 Å². The number of hydrogen-bond donors (Lipinski definition) is 0. The molecule has 1 aliphatic carbocycles. The topological polar surface area (TPSA) is 80.3 Å². The van der Waals surface area contributed by atoms with E-state index in [4.69, 9.17) is 4.42 Å². The third kappa shape index (κ3) is 3.99. The lowest BCUT2D eigenvalue weighted by atomic mass is 10.0. The Hall–Kier alpha value is -3.00. The van der Waals surface area contributed by atoms with Crippen LogP contribution in [0.15, 0.2) is 47.1 Å². The molecule has 1 atom stereocenters. The molecule has 1 aliphatic heterocycles. The lowest BCUT2D eigenvalue weighted by Crippen LogP contribution is -2.50. The van der Waals surface area contributed by atoms with Crippen molar-refractivity contribution in [1.82, 2.24) is 30.0 Å². The van der Waals surface area contributed by atoms with Gasteiger partial charge in [-0.25, -0.2) is 4.68 Å². The fourth-order valence-corrected chi connectivity index (χ4v) is 4.80. The molecule has 8 nitrogen and oxygen atoms in total. The predicted octanol–water partition coefficient (Wildman–Crippen LogP) is 3.24. The van der Waals surface area contributed by atoms with Crippen LogP contribution >= 0.6 is 0 Å². The van der Waals surface area contributed by atoms with Crippen molar-refractivity contribution < 1.29 is 9.21 Å². The van der Waals surface area contributed by atoms with E-state index in [0.717, 1.165) is 31.8 Å². The molecule has 2 aliphatic rings. The summed E-state index contributed by atoms with van der Waals surface area (Å²) in [5, 5.41) is 12.9. The van der Waals surface area contributed by atoms with Crippen LogP contribution in [0.1, 0.15) is 65.3 Å². The summed E-state index contributed by atoms with van der Waals surface area (Å²) >= 11 is 0. The van der Waals surface area contributed by atoms with Gasteiger partial charge in [0, 0.05) is 26.2 Å². The van der Waals surface area contributed by atoms with Crippen LogP contribution in [0.3, 0.4) is 0 Å². The highest BCUT2D eigenvalue weighted by atomic mass is 16.3. The summed E-state index contributed by atoms with van der Waals surface area (Å²) in [4.78, 5) is 16.9. The zero-order valence-corrected chi connectivity index (χ0v) is 17.9. The molecular formula is C23H28N6O2. The predicted molar refractivity (Wildman–Crippen MR) is 115 cm³/mol. The van der Waals surface area contributed by atoms with E-state index in [2.05, 4.69) is 56.3 Å². The number of nitrogens with zero attached hydrogens (tertiary/aromatic N) is 6. The second-order valence-electron chi connectivity index (χ2n) is 8.54. The molecule has 0 N–H and O–H groups in total. The Morgan fingerprint density at radius 2 is 1.81 bits per heavy atom. The van der Waals surface area contributed by atoms with Crippen LogP contribution in [-0.2, 0) is 0 Å². The van der Waals surface area contributed by atoms with Crippen molar-refractivity contribution in [3.05, 3.63) is 65.4 Å². The Morgan fingerprint density at radius 3 is 2.48 bits per heavy atom. The third-order valence-electron chi connectivity index (χ3n) is 6.53. The van der Waals surface area contributed by atoms with Gasteiger partial charge in [-0.05, 0) is 47.9 Å². The minimum atomic E-state index is -0.0488. The van der Waals surface area contributed by atoms with Gasteiger partial charge in [-0.15, -0.1) is 5.10 Å². The smallest absolute Gasteiger partial charge is 0.289 e. The molecule has 8 heteroatoms. The number of rotatable bonds is 5. The summed E-state index contributed by atoms with van der Waals surface area (Å²) in [5.41, 5.74) is 2.41. The number of hydrogen-bond acceptors (Lipinski definition) is 6. The maximum Gasteiger partial charge on any atom is 0.289 e. The largest absolute Gasteiger partial charge is 0.459 e. The quantitative estimate of drug-likeness (QED) is 0.630. The van der Waals surface area contributed by atoms with Crippen LogP contribution in [0.4, 0.5) is 0 Å². The minimum Gasteiger partial charge on any atom is -0.459 e. The monoisotopic (exact) mass is 420 g/mol. The van der Waals surface area contributed by atoms with Gasteiger partial charge >= 0.3 is 0 Å². The highest BCUT2D eigenvalue weighted by Gasteiger charge is 2.34. The molecule has 0 radical (unpaired) electrons. The first-order valence-electron chi connectivity index (χ1n) is 11.1. The molecule has 162 valence electrons. The van der Waals surface area contributed by atoms with E-state index in [-0.39, 0.29) is 11.9 Å². The molecular weight excluding hydrogens is 392 g/mol. The molecule has 3 heterocycles. The third-order valence-corrected chi connectivity index (χ3v) is 6.53. The van der Waals surface area contributed by atoms with Crippen LogP contribution in [0, 0.1) is 6.92 Å². The number of carbonyl (C=O) groups excluding carboxylic acids is 1. The molecule has 1 saturated carbocycles. The fourth-order valence-electron chi connectivity index (χ4n) is 4.80. The van der Waals surface area contributed by atoms with Gasteiger partial charge in [-0.1, -0.05) is 42.7 Å². The van der Waals surface area contributed by atoms with Gasteiger partial charge in [0.25, 0.3) is 5.91 Å². The van der Waals surface area contributed by atoms with E-state index in [1.54, 1.807) is 18.4 Å². The summed E-state index contributed by atoms with van der Waals surface area (Å²) in [6.45, 7) is 4.89. The maximum absolute atomic E-state index is 12.7.